The van der Waals surface area contributed by atoms with Crippen LogP contribution in [-0.2, 0) is 0 Å². The Labute approximate surface area is 113 Å². The van der Waals surface area contributed by atoms with Crippen LogP contribution in [0.15, 0.2) is 5.16 Å². The Morgan fingerprint density at radius 3 is 2.50 bits per heavy atom. The van der Waals surface area contributed by atoms with E-state index in [-0.39, 0.29) is 0 Å². The number of rotatable bonds is 4. The minimum atomic E-state index is 0.670. The largest absolute Gasteiger partial charge is 0.341 e. The number of hydrogen-bond acceptors (Lipinski definition) is 4. The third-order valence-electron chi connectivity index (χ3n) is 3.90. The molecule has 1 aromatic rings. The van der Waals surface area contributed by atoms with Crippen LogP contribution in [0.3, 0.4) is 0 Å². The number of thioether (sulfide) groups is 1. The highest BCUT2D eigenvalue weighted by Crippen LogP contribution is 2.41. The van der Waals surface area contributed by atoms with E-state index in [9.17, 15) is 0 Å². The monoisotopic (exact) mass is 266 g/mol. The maximum Gasteiger partial charge on any atom is 0.228 e. The van der Waals surface area contributed by atoms with Crippen molar-refractivity contribution in [2.24, 2.45) is 5.92 Å². The van der Waals surface area contributed by atoms with E-state index >= 15 is 0 Å². The second-order valence-corrected chi connectivity index (χ2v) is 6.72. The molecule has 0 radical (unpaired) electrons. The zero-order chi connectivity index (χ0) is 12.5. The molecule has 0 unspecified atom stereocenters. The smallest absolute Gasteiger partial charge is 0.228 e. The second-order valence-electron chi connectivity index (χ2n) is 5.49. The summed E-state index contributed by atoms with van der Waals surface area (Å²) in [5.74, 6) is 3.06. The fraction of sp³-hybridized carbons (Fsp3) is 0.846. The molecule has 1 aliphatic carbocycles. The van der Waals surface area contributed by atoms with Gasteiger partial charge in [0, 0.05) is 19.1 Å². The first-order chi connectivity index (χ1) is 8.79. The average molecular weight is 266 g/mol. The van der Waals surface area contributed by atoms with Gasteiger partial charge in [0.2, 0.25) is 5.95 Å². The van der Waals surface area contributed by atoms with Gasteiger partial charge >= 0.3 is 0 Å². The van der Waals surface area contributed by atoms with E-state index in [2.05, 4.69) is 33.5 Å². The van der Waals surface area contributed by atoms with Crippen LogP contribution in [0.4, 0.5) is 5.95 Å². The predicted octanol–water partition coefficient (Wildman–Crippen LogP) is 2.96. The van der Waals surface area contributed by atoms with Gasteiger partial charge in [-0.25, -0.2) is 0 Å². The highest BCUT2D eigenvalue weighted by molar-refractivity contribution is 7.99. The van der Waals surface area contributed by atoms with Crippen LogP contribution in [0, 0.1) is 5.92 Å². The minimum Gasteiger partial charge on any atom is -0.341 e. The molecule has 0 amide bonds. The van der Waals surface area contributed by atoms with E-state index < -0.39 is 0 Å². The maximum atomic E-state index is 4.46. The Bertz CT molecular complexity index is 405. The molecule has 1 aromatic heterocycles. The molecule has 0 N–H and O–H groups in total. The van der Waals surface area contributed by atoms with Crippen LogP contribution >= 0.6 is 11.8 Å². The van der Waals surface area contributed by atoms with E-state index in [1.165, 1.54) is 25.7 Å². The molecule has 1 aliphatic heterocycles. The van der Waals surface area contributed by atoms with Crippen molar-refractivity contribution < 1.29 is 0 Å². The van der Waals surface area contributed by atoms with Crippen molar-refractivity contribution in [2.45, 2.75) is 50.7 Å². The van der Waals surface area contributed by atoms with Crippen molar-refractivity contribution in [2.75, 3.05) is 23.7 Å². The lowest BCUT2D eigenvalue weighted by Gasteiger charge is -2.31. The molecule has 0 spiro atoms. The van der Waals surface area contributed by atoms with E-state index in [0.717, 1.165) is 35.9 Å². The van der Waals surface area contributed by atoms with Crippen molar-refractivity contribution >= 4 is 17.7 Å². The van der Waals surface area contributed by atoms with Gasteiger partial charge in [0.15, 0.2) is 5.16 Å². The van der Waals surface area contributed by atoms with E-state index in [1.807, 2.05) is 11.8 Å². The van der Waals surface area contributed by atoms with Crippen LogP contribution in [-0.4, -0.2) is 33.6 Å². The fourth-order valence-electron chi connectivity index (χ4n) is 2.57. The quantitative estimate of drug-likeness (QED) is 0.785. The summed E-state index contributed by atoms with van der Waals surface area (Å²) in [6.07, 6.45) is 5.17. The molecule has 2 heterocycles. The fourth-order valence-corrected chi connectivity index (χ4v) is 3.30. The Morgan fingerprint density at radius 1 is 1.17 bits per heavy atom. The molecule has 2 aliphatic rings. The molecule has 3 rings (SSSR count). The van der Waals surface area contributed by atoms with Gasteiger partial charge in [-0.2, -0.15) is 0 Å². The number of aromatic nitrogens is 3. The summed E-state index contributed by atoms with van der Waals surface area (Å²) >= 11 is 1.82. The predicted molar refractivity (Wildman–Crippen MR) is 75.3 cm³/mol. The molecule has 4 nitrogen and oxygen atoms in total. The second kappa shape index (κ2) is 5.11. The number of anilines is 1. The van der Waals surface area contributed by atoms with Gasteiger partial charge in [0.05, 0.1) is 0 Å². The Balaban J connectivity index is 1.82. The summed E-state index contributed by atoms with van der Waals surface area (Å²) in [4.78, 5) is 2.44. The third kappa shape index (κ3) is 2.37. The average Bonchev–Trinajstić information content (AvgIpc) is 3.13. The minimum absolute atomic E-state index is 0.670. The molecule has 18 heavy (non-hydrogen) atoms. The lowest BCUT2D eigenvalue weighted by Crippen LogP contribution is -2.34. The molecule has 0 aromatic carbocycles. The summed E-state index contributed by atoms with van der Waals surface area (Å²) in [6.45, 7) is 6.81. The standard InChI is InChI=1S/C13H22N4S/c1-3-18-13-15-14-12(17(13)11-4-5-11)16-8-6-10(2)7-9-16/h10-11H,3-9H2,1-2H3. The molecule has 5 heteroatoms. The highest BCUT2D eigenvalue weighted by atomic mass is 32.2. The van der Waals surface area contributed by atoms with Crippen LogP contribution in [0.1, 0.15) is 45.6 Å². The number of hydrogen-bond donors (Lipinski definition) is 0. The number of piperidine rings is 1. The van der Waals surface area contributed by atoms with Crippen molar-refractivity contribution in [3.63, 3.8) is 0 Å². The Morgan fingerprint density at radius 2 is 1.89 bits per heavy atom. The van der Waals surface area contributed by atoms with Gasteiger partial charge in [-0.15, -0.1) is 10.2 Å². The van der Waals surface area contributed by atoms with Crippen molar-refractivity contribution in [3.05, 3.63) is 0 Å². The first-order valence-corrected chi connectivity index (χ1v) is 8.10. The molecule has 0 atom stereocenters. The Hall–Kier alpha value is -0.710. The van der Waals surface area contributed by atoms with Crippen molar-refractivity contribution in [1.29, 1.82) is 0 Å². The van der Waals surface area contributed by atoms with E-state index in [1.54, 1.807) is 0 Å². The molecular formula is C13H22N4S. The first-order valence-electron chi connectivity index (χ1n) is 7.12. The van der Waals surface area contributed by atoms with Gasteiger partial charge in [-0.1, -0.05) is 25.6 Å². The maximum absolute atomic E-state index is 4.46. The van der Waals surface area contributed by atoms with Gasteiger partial charge in [-0.3, -0.25) is 4.57 Å². The molecular weight excluding hydrogens is 244 g/mol. The van der Waals surface area contributed by atoms with E-state index in [4.69, 9.17) is 0 Å². The topological polar surface area (TPSA) is 34.0 Å². The molecule has 2 fully saturated rings. The SMILES string of the molecule is CCSc1nnc(N2CCC(C)CC2)n1C1CC1. The van der Waals surface area contributed by atoms with Crippen LogP contribution < -0.4 is 4.90 Å². The zero-order valence-corrected chi connectivity index (χ0v) is 12.1. The summed E-state index contributed by atoms with van der Waals surface area (Å²) in [6, 6.07) is 0.670. The molecule has 1 saturated heterocycles. The number of nitrogens with zero attached hydrogens (tertiary/aromatic N) is 4. The van der Waals surface area contributed by atoms with Crippen molar-refractivity contribution in [3.8, 4) is 0 Å². The Kier molecular flexibility index (Phi) is 3.50. The van der Waals surface area contributed by atoms with Gasteiger partial charge in [0.1, 0.15) is 0 Å². The van der Waals surface area contributed by atoms with Crippen LogP contribution in [0.5, 0.6) is 0 Å². The van der Waals surface area contributed by atoms with Gasteiger partial charge in [0.25, 0.3) is 0 Å². The molecule has 100 valence electrons. The lowest BCUT2D eigenvalue weighted by atomic mass is 10.00. The first kappa shape index (κ1) is 12.3. The van der Waals surface area contributed by atoms with Crippen molar-refractivity contribution in [1.82, 2.24) is 14.8 Å². The summed E-state index contributed by atoms with van der Waals surface area (Å²) in [5.41, 5.74) is 0. The molecule has 0 bridgehead atoms. The highest BCUT2D eigenvalue weighted by Gasteiger charge is 2.32. The third-order valence-corrected chi connectivity index (χ3v) is 4.72. The summed E-state index contributed by atoms with van der Waals surface area (Å²) < 4.78 is 2.39. The lowest BCUT2D eigenvalue weighted by molar-refractivity contribution is 0.429. The van der Waals surface area contributed by atoms with E-state index in [0.29, 0.717) is 6.04 Å². The summed E-state index contributed by atoms with van der Waals surface area (Å²) in [7, 11) is 0. The summed E-state index contributed by atoms with van der Waals surface area (Å²) in [5, 5.41) is 9.98. The van der Waals surface area contributed by atoms with Gasteiger partial charge in [-0.05, 0) is 37.4 Å². The van der Waals surface area contributed by atoms with Crippen LogP contribution in [0.2, 0.25) is 0 Å². The molecule has 1 saturated carbocycles. The zero-order valence-electron chi connectivity index (χ0n) is 11.3. The normalized spacial score (nSPS) is 21.6. The van der Waals surface area contributed by atoms with Gasteiger partial charge < -0.3 is 4.90 Å². The van der Waals surface area contributed by atoms with Crippen LogP contribution in [0.25, 0.3) is 0 Å².